The Labute approximate surface area is 107 Å². The molecule has 0 aromatic carbocycles. The molecule has 0 rings (SSSR count). The van der Waals surface area contributed by atoms with Crippen LogP contribution in [0.1, 0.15) is 27.7 Å². The maximum atomic E-state index is 5.39. The largest absolute Gasteiger partial charge is 0.378 e. The quantitative estimate of drug-likeness (QED) is 0.544. The van der Waals surface area contributed by atoms with Crippen LogP contribution in [0.5, 0.6) is 0 Å². The fraction of sp³-hybridized carbons (Fsp3) is 1.00. The lowest BCUT2D eigenvalue weighted by Crippen LogP contribution is -2.24. The Hall–Kier alpha value is -0.160. The Bertz CT molecular complexity index is 122. The molecule has 0 aromatic rings. The first kappa shape index (κ1) is 19.2. The second-order valence-corrected chi connectivity index (χ2v) is 3.93. The molecule has 0 spiro atoms. The lowest BCUT2D eigenvalue weighted by Gasteiger charge is -2.08. The molecule has 0 aliphatic carbocycles. The van der Waals surface area contributed by atoms with Gasteiger partial charge < -0.3 is 20.1 Å². The van der Waals surface area contributed by atoms with Crippen LogP contribution in [0.15, 0.2) is 0 Å². The van der Waals surface area contributed by atoms with E-state index in [4.69, 9.17) is 9.47 Å². The minimum absolute atomic E-state index is 0.686. The fourth-order valence-electron chi connectivity index (χ4n) is 1.03. The third-order valence-corrected chi connectivity index (χ3v) is 1.84. The summed E-state index contributed by atoms with van der Waals surface area (Å²) < 4.78 is 10.7. The van der Waals surface area contributed by atoms with Gasteiger partial charge >= 0.3 is 0 Å². The molecular formula is C13H32N2O2. The smallest absolute Gasteiger partial charge is 0.0701 e. The van der Waals surface area contributed by atoms with Gasteiger partial charge in [0.15, 0.2) is 0 Å². The molecule has 0 amide bonds. The summed E-state index contributed by atoms with van der Waals surface area (Å²) >= 11 is 0. The highest BCUT2D eigenvalue weighted by molar-refractivity contribution is 4.49. The first-order chi connectivity index (χ1) is 8.27. The molecule has 0 aromatic heterocycles. The highest BCUT2D eigenvalue weighted by Crippen LogP contribution is 1.86. The summed E-state index contributed by atoms with van der Waals surface area (Å²) in [4.78, 5) is 0. The Balaban J connectivity index is 0. The van der Waals surface area contributed by atoms with Gasteiger partial charge in [-0.25, -0.2) is 0 Å². The predicted molar refractivity (Wildman–Crippen MR) is 74.6 cm³/mol. The summed E-state index contributed by atoms with van der Waals surface area (Å²) in [5, 5.41) is 6.34. The predicted octanol–water partition coefficient (Wildman–Crippen LogP) is 1.51. The van der Waals surface area contributed by atoms with E-state index in [9.17, 15) is 0 Å². The van der Waals surface area contributed by atoms with E-state index in [1.807, 2.05) is 20.9 Å². The van der Waals surface area contributed by atoms with Crippen molar-refractivity contribution in [1.29, 1.82) is 0 Å². The van der Waals surface area contributed by atoms with Gasteiger partial charge in [-0.05, 0) is 19.5 Å². The van der Waals surface area contributed by atoms with Crippen LogP contribution in [-0.2, 0) is 9.47 Å². The second kappa shape index (κ2) is 18.2. The lowest BCUT2D eigenvalue weighted by molar-refractivity contribution is 0.0502. The van der Waals surface area contributed by atoms with E-state index in [0.29, 0.717) is 19.1 Å². The van der Waals surface area contributed by atoms with Crippen molar-refractivity contribution in [1.82, 2.24) is 10.6 Å². The van der Waals surface area contributed by atoms with Crippen LogP contribution in [0.4, 0.5) is 0 Å². The van der Waals surface area contributed by atoms with E-state index in [0.717, 1.165) is 32.8 Å². The summed E-state index contributed by atoms with van der Waals surface area (Å²) in [6.45, 7) is 14.2. The van der Waals surface area contributed by atoms with Crippen LogP contribution in [-0.4, -0.2) is 53.1 Å². The summed E-state index contributed by atoms with van der Waals surface area (Å²) in [6, 6.07) is 0. The summed E-state index contributed by atoms with van der Waals surface area (Å²) in [5.74, 6) is 0.704. The van der Waals surface area contributed by atoms with Crippen LogP contribution in [0, 0.1) is 5.92 Å². The van der Waals surface area contributed by atoms with E-state index in [1.165, 1.54) is 0 Å². The zero-order chi connectivity index (χ0) is 13.4. The van der Waals surface area contributed by atoms with Crippen molar-refractivity contribution < 1.29 is 9.47 Å². The zero-order valence-electron chi connectivity index (χ0n) is 12.3. The van der Waals surface area contributed by atoms with Gasteiger partial charge in [0.05, 0.1) is 26.4 Å². The van der Waals surface area contributed by atoms with Crippen molar-refractivity contribution >= 4 is 0 Å². The SMILES string of the molecule is CC.CNCCOCCOCCNCC(C)C. The second-order valence-electron chi connectivity index (χ2n) is 3.93. The normalized spacial score (nSPS) is 10.2. The standard InChI is InChI=1S/C11H26N2O2.C2H6/c1-11(2)10-13-5-7-15-9-8-14-6-4-12-3;1-2/h11-13H,4-10H2,1-3H3;1-2H3. The van der Waals surface area contributed by atoms with Gasteiger partial charge in [0.2, 0.25) is 0 Å². The Morgan fingerprint density at radius 1 is 0.882 bits per heavy atom. The average molecular weight is 248 g/mol. The molecule has 17 heavy (non-hydrogen) atoms. The van der Waals surface area contributed by atoms with Crippen LogP contribution in [0.25, 0.3) is 0 Å². The molecule has 0 fully saturated rings. The Morgan fingerprint density at radius 3 is 1.88 bits per heavy atom. The topological polar surface area (TPSA) is 42.5 Å². The van der Waals surface area contributed by atoms with E-state index in [2.05, 4.69) is 24.5 Å². The Kier molecular flexibility index (Phi) is 20.6. The molecule has 0 heterocycles. The highest BCUT2D eigenvalue weighted by atomic mass is 16.5. The molecule has 4 heteroatoms. The number of nitrogens with one attached hydrogen (secondary N) is 2. The molecule has 0 bridgehead atoms. The van der Waals surface area contributed by atoms with Crippen molar-refractivity contribution in [2.24, 2.45) is 5.92 Å². The summed E-state index contributed by atoms with van der Waals surface area (Å²) in [6.07, 6.45) is 0. The molecule has 0 aliphatic rings. The summed E-state index contributed by atoms with van der Waals surface area (Å²) in [5.41, 5.74) is 0. The molecule has 0 aliphatic heterocycles. The number of hydrogen-bond donors (Lipinski definition) is 2. The van der Waals surface area contributed by atoms with Crippen LogP contribution >= 0.6 is 0 Å². The molecule has 106 valence electrons. The molecule has 4 nitrogen and oxygen atoms in total. The van der Waals surface area contributed by atoms with Crippen molar-refractivity contribution in [3.05, 3.63) is 0 Å². The van der Waals surface area contributed by atoms with Gasteiger partial charge in [-0.1, -0.05) is 27.7 Å². The van der Waals surface area contributed by atoms with Crippen LogP contribution in [0.3, 0.4) is 0 Å². The highest BCUT2D eigenvalue weighted by Gasteiger charge is 1.93. The lowest BCUT2D eigenvalue weighted by atomic mass is 10.2. The van der Waals surface area contributed by atoms with Gasteiger partial charge in [0.1, 0.15) is 0 Å². The van der Waals surface area contributed by atoms with Crippen molar-refractivity contribution in [2.75, 3.05) is 53.1 Å². The number of hydrogen-bond acceptors (Lipinski definition) is 4. The molecule has 0 saturated heterocycles. The Morgan fingerprint density at radius 2 is 1.41 bits per heavy atom. The maximum absolute atomic E-state index is 5.39. The van der Waals surface area contributed by atoms with Crippen molar-refractivity contribution in [2.45, 2.75) is 27.7 Å². The van der Waals surface area contributed by atoms with E-state index in [1.54, 1.807) is 0 Å². The molecule has 0 unspecified atom stereocenters. The molecule has 0 radical (unpaired) electrons. The molecule has 0 saturated carbocycles. The minimum atomic E-state index is 0.686. The fourth-order valence-corrected chi connectivity index (χ4v) is 1.03. The molecule has 2 N–H and O–H groups in total. The first-order valence-corrected chi connectivity index (χ1v) is 6.78. The monoisotopic (exact) mass is 248 g/mol. The average Bonchev–Trinajstić information content (AvgIpc) is 2.34. The van der Waals surface area contributed by atoms with Crippen LogP contribution in [0.2, 0.25) is 0 Å². The van der Waals surface area contributed by atoms with E-state index >= 15 is 0 Å². The minimum Gasteiger partial charge on any atom is -0.378 e. The van der Waals surface area contributed by atoms with Gasteiger partial charge in [-0.15, -0.1) is 0 Å². The first-order valence-electron chi connectivity index (χ1n) is 6.78. The number of rotatable bonds is 11. The van der Waals surface area contributed by atoms with Crippen molar-refractivity contribution in [3.8, 4) is 0 Å². The summed E-state index contributed by atoms with van der Waals surface area (Å²) in [7, 11) is 1.92. The number of ether oxygens (including phenoxy) is 2. The number of likely N-dealkylation sites (N-methyl/N-ethyl adjacent to an activating group) is 1. The maximum Gasteiger partial charge on any atom is 0.0701 e. The van der Waals surface area contributed by atoms with Crippen LogP contribution < -0.4 is 10.6 Å². The van der Waals surface area contributed by atoms with E-state index in [-0.39, 0.29) is 0 Å². The third kappa shape index (κ3) is 21.6. The zero-order valence-corrected chi connectivity index (χ0v) is 12.3. The van der Waals surface area contributed by atoms with Gasteiger partial charge in [-0.2, -0.15) is 0 Å². The van der Waals surface area contributed by atoms with Gasteiger partial charge in [0, 0.05) is 13.1 Å². The third-order valence-electron chi connectivity index (χ3n) is 1.84. The molecule has 0 atom stereocenters. The van der Waals surface area contributed by atoms with E-state index < -0.39 is 0 Å². The molecular weight excluding hydrogens is 216 g/mol. The van der Waals surface area contributed by atoms with Crippen molar-refractivity contribution in [3.63, 3.8) is 0 Å². The van der Waals surface area contributed by atoms with Gasteiger partial charge in [0.25, 0.3) is 0 Å². The van der Waals surface area contributed by atoms with Gasteiger partial charge in [-0.3, -0.25) is 0 Å².